The summed E-state index contributed by atoms with van der Waals surface area (Å²) < 4.78 is 4.60. The van der Waals surface area contributed by atoms with Crippen LogP contribution in [-0.2, 0) is 7.05 Å². The Balaban J connectivity index is 1.81. The van der Waals surface area contributed by atoms with Gasteiger partial charge in [0, 0.05) is 37.0 Å². The van der Waals surface area contributed by atoms with E-state index in [1.54, 1.807) is 0 Å². The molecule has 0 aliphatic carbocycles. The van der Waals surface area contributed by atoms with E-state index in [4.69, 9.17) is 5.73 Å². The average Bonchev–Trinajstić information content (AvgIpc) is 3.24. The molecule has 0 spiro atoms. The van der Waals surface area contributed by atoms with Crippen molar-refractivity contribution in [2.75, 3.05) is 18.8 Å². The van der Waals surface area contributed by atoms with Gasteiger partial charge in [0.2, 0.25) is 0 Å². The highest BCUT2D eigenvalue weighted by molar-refractivity contribution is 9.10. The van der Waals surface area contributed by atoms with Gasteiger partial charge >= 0.3 is 0 Å². The van der Waals surface area contributed by atoms with Crippen molar-refractivity contribution in [1.29, 1.82) is 0 Å². The highest BCUT2D eigenvalue weighted by Gasteiger charge is 2.26. The molecule has 0 aromatic carbocycles. The Morgan fingerprint density at radius 3 is 2.77 bits per heavy atom. The van der Waals surface area contributed by atoms with Crippen LogP contribution in [-0.4, -0.2) is 43.4 Å². The summed E-state index contributed by atoms with van der Waals surface area (Å²) >= 11 is 3.74. The summed E-state index contributed by atoms with van der Waals surface area (Å²) in [6.07, 6.45) is 8.16. The van der Waals surface area contributed by atoms with Crippen LogP contribution in [0, 0.1) is 0 Å². The van der Waals surface area contributed by atoms with E-state index in [2.05, 4.69) is 50.9 Å². The number of nitrogens with two attached hydrogens (primary N) is 1. The predicted molar refractivity (Wildman–Crippen MR) is 108 cm³/mol. The second-order valence-corrected chi connectivity index (χ2v) is 8.28. The van der Waals surface area contributed by atoms with Crippen molar-refractivity contribution in [2.24, 2.45) is 7.05 Å². The number of fused-ring (bicyclic) bond motifs is 1. The smallest absolute Gasteiger partial charge is 0.140 e. The number of pyridine rings is 1. The summed E-state index contributed by atoms with van der Waals surface area (Å²) in [5, 5.41) is 8.80. The summed E-state index contributed by atoms with van der Waals surface area (Å²) in [7, 11) is 1.92. The molecule has 26 heavy (non-hydrogen) atoms. The Bertz CT molecular complexity index is 941. The van der Waals surface area contributed by atoms with Gasteiger partial charge in [0.15, 0.2) is 0 Å². The van der Waals surface area contributed by atoms with E-state index in [1.165, 1.54) is 24.9 Å². The molecular formula is C19H25BrN6. The number of aryl methyl sites for hydroxylation is 1. The predicted octanol–water partition coefficient (Wildman–Crippen LogP) is 3.67. The molecule has 1 fully saturated rings. The van der Waals surface area contributed by atoms with Crippen molar-refractivity contribution in [3.63, 3.8) is 0 Å². The Morgan fingerprint density at radius 1 is 1.27 bits per heavy atom. The number of anilines is 1. The monoisotopic (exact) mass is 416 g/mol. The molecule has 0 amide bonds. The van der Waals surface area contributed by atoms with Gasteiger partial charge < -0.3 is 10.6 Å². The van der Waals surface area contributed by atoms with Crippen molar-refractivity contribution < 1.29 is 0 Å². The van der Waals surface area contributed by atoms with Crippen molar-refractivity contribution in [1.82, 2.24) is 24.3 Å². The molecule has 4 heterocycles. The number of aromatic nitrogens is 4. The number of rotatable bonds is 3. The molecule has 3 aromatic rings. The maximum Gasteiger partial charge on any atom is 0.140 e. The third kappa shape index (κ3) is 2.93. The Hall–Kier alpha value is -1.86. The molecule has 138 valence electrons. The molecule has 0 radical (unpaired) electrons. The lowest BCUT2D eigenvalue weighted by Crippen LogP contribution is -2.39. The van der Waals surface area contributed by atoms with Gasteiger partial charge in [-0.05, 0) is 66.7 Å². The molecule has 1 aliphatic rings. The van der Waals surface area contributed by atoms with Crippen molar-refractivity contribution in [3.05, 3.63) is 34.7 Å². The van der Waals surface area contributed by atoms with Gasteiger partial charge in [0.1, 0.15) is 5.82 Å². The number of halogens is 1. The molecule has 3 aromatic heterocycles. The fourth-order valence-electron chi connectivity index (χ4n) is 3.95. The molecule has 1 saturated heterocycles. The first-order valence-corrected chi connectivity index (χ1v) is 9.93. The van der Waals surface area contributed by atoms with Crippen LogP contribution in [0.1, 0.15) is 38.2 Å². The van der Waals surface area contributed by atoms with E-state index in [0.717, 1.165) is 27.7 Å². The Morgan fingerprint density at radius 2 is 2.08 bits per heavy atom. The molecule has 7 heteroatoms. The first-order chi connectivity index (χ1) is 12.5. The number of piperidine rings is 1. The van der Waals surface area contributed by atoms with Gasteiger partial charge in [-0.2, -0.15) is 10.2 Å². The number of likely N-dealkylation sites (tertiary alicyclic amines) is 1. The Labute approximate surface area is 162 Å². The van der Waals surface area contributed by atoms with Crippen molar-refractivity contribution >= 4 is 27.3 Å². The van der Waals surface area contributed by atoms with Crippen LogP contribution in [0.5, 0.6) is 0 Å². The van der Waals surface area contributed by atoms with Crippen LogP contribution in [0.3, 0.4) is 0 Å². The van der Waals surface area contributed by atoms with E-state index >= 15 is 0 Å². The summed E-state index contributed by atoms with van der Waals surface area (Å²) in [5.74, 6) is 1.14. The van der Waals surface area contributed by atoms with Gasteiger partial charge in [-0.25, -0.2) is 4.52 Å². The minimum absolute atomic E-state index is 0.476. The number of hydrogen-bond donors (Lipinski definition) is 1. The third-order valence-electron chi connectivity index (χ3n) is 5.44. The lowest BCUT2D eigenvalue weighted by molar-refractivity contribution is 0.167. The molecule has 4 rings (SSSR count). The van der Waals surface area contributed by atoms with E-state index in [1.807, 2.05) is 34.8 Å². The molecule has 2 N–H and O–H groups in total. The molecule has 0 bridgehead atoms. The summed E-state index contributed by atoms with van der Waals surface area (Å²) in [6.45, 7) is 6.79. The molecular weight excluding hydrogens is 392 g/mol. The standard InChI is InChI=1S/C19H25BrN6/c1-12(2)25-6-4-5-13(11-25)15-7-17-16(14-8-22-24(3)10-14)9-23-26(17)19(21)18(15)20/h7-10,12-13H,4-6,11,21H2,1-3H3/t13-/m1/s1. The van der Waals surface area contributed by atoms with Gasteiger partial charge in [-0.15, -0.1) is 0 Å². The number of nitrogens with zero attached hydrogens (tertiary/aromatic N) is 5. The molecule has 0 saturated carbocycles. The molecule has 0 unspecified atom stereocenters. The lowest BCUT2D eigenvalue weighted by atomic mass is 9.90. The van der Waals surface area contributed by atoms with Crippen LogP contribution >= 0.6 is 15.9 Å². The quantitative estimate of drug-likeness (QED) is 0.707. The van der Waals surface area contributed by atoms with Crippen LogP contribution in [0.2, 0.25) is 0 Å². The largest absolute Gasteiger partial charge is 0.383 e. The van der Waals surface area contributed by atoms with Crippen LogP contribution in [0.15, 0.2) is 29.1 Å². The van der Waals surface area contributed by atoms with Crippen LogP contribution in [0.4, 0.5) is 5.82 Å². The first-order valence-electron chi connectivity index (χ1n) is 9.14. The van der Waals surface area contributed by atoms with E-state index in [0.29, 0.717) is 17.8 Å². The van der Waals surface area contributed by atoms with E-state index < -0.39 is 0 Å². The minimum atomic E-state index is 0.476. The number of hydrogen-bond acceptors (Lipinski definition) is 4. The zero-order valence-electron chi connectivity index (χ0n) is 15.5. The maximum absolute atomic E-state index is 6.44. The van der Waals surface area contributed by atoms with Crippen molar-refractivity contribution in [2.45, 2.75) is 38.6 Å². The topological polar surface area (TPSA) is 64.4 Å². The summed E-state index contributed by atoms with van der Waals surface area (Å²) in [5.41, 5.74) is 10.9. The molecule has 6 nitrogen and oxygen atoms in total. The zero-order valence-corrected chi connectivity index (χ0v) is 17.1. The number of nitrogen functional groups attached to an aromatic ring is 1. The second-order valence-electron chi connectivity index (χ2n) is 7.48. The normalized spacial score (nSPS) is 18.9. The van der Waals surface area contributed by atoms with Gasteiger partial charge in [-0.1, -0.05) is 0 Å². The maximum atomic E-state index is 6.44. The van der Waals surface area contributed by atoms with Gasteiger partial charge in [0.05, 0.1) is 22.4 Å². The van der Waals surface area contributed by atoms with Gasteiger partial charge in [-0.3, -0.25) is 4.68 Å². The fraction of sp³-hybridized carbons (Fsp3) is 0.474. The van der Waals surface area contributed by atoms with E-state index in [-0.39, 0.29) is 0 Å². The highest BCUT2D eigenvalue weighted by Crippen LogP contribution is 2.38. The van der Waals surface area contributed by atoms with Crippen LogP contribution in [0.25, 0.3) is 16.6 Å². The minimum Gasteiger partial charge on any atom is -0.383 e. The van der Waals surface area contributed by atoms with Crippen LogP contribution < -0.4 is 5.73 Å². The first kappa shape index (κ1) is 17.5. The Kier molecular flexibility index (Phi) is 4.52. The zero-order chi connectivity index (χ0) is 18.4. The second kappa shape index (κ2) is 6.70. The van der Waals surface area contributed by atoms with E-state index in [9.17, 15) is 0 Å². The molecule has 1 atom stereocenters. The van der Waals surface area contributed by atoms with Crippen molar-refractivity contribution in [3.8, 4) is 11.1 Å². The summed E-state index contributed by atoms with van der Waals surface area (Å²) in [4.78, 5) is 2.55. The SMILES string of the molecule is CC(C)N1CCC[C@@H](c2cc3c(-c4cnn(C)c4)cnn3c(N)c2Br)C1. The fourth-order valence-corrected chi connectivity index (χ4v) is 4.56. The molecule has 1 aliphatic heterocycles. The average molecular weight is 417 g/mol. The third-order valence-corrected chi connectivity index (χ3v) is 6.31. The highest BCUT2D eigenvalue weighted by atomic mass is 79.9. The van der Waals surface area contributed by atoms with Gasteiger partial charge in [0.25, 0.3) is 0 Å². The summed E-state index contributed by atoms with van der Waals surface area (Å²) in [6, 6.07) is 2.82. The lowest BCUT2D eigenvalue weighted by Gasteiger charge is -2.36.